The summed E-state index contributed by atoms with van der Waals surface area (Å²) in [6, 6.07) is 2.32. The van der Waals surface area contributed by atoms with Crippen LogP contribution in [0.2, 0.25) is 0 Å². The van der Waals surface area contributed by atoms with Crippen molar-refractivity contribution in [1.82, 2.24) is 26.6 Å². The Morgan fingerprint density at radius 3 is 1.87 bits per heavy atom. The molecule has 1 saturated carbocycles. The van der Waals surface area contributed by atoms with Crippen LogP contribution in [-0.2, 0) is 0 Å². The molecule has 2 aliphatic rings. The lowest BCUT2D eigenvalue weighted by molar-refractivity contribution is 0.270. The minimum Gasteiger partial charge on any atom is -0.314 e. The second kappa shape index (κ2) is 14.0. The summed E-state index contributed by atoms with van der Waals surface area (Å²) in [6.45, 7) is 13.3. The van der Waals surface area contributed by atoms with E-state index in [-0.39, 0.29) is 0 Å². The van der Waals surface area contributed by atoms with Crippen molar-refractivity contribution < 1.29 is 0 Å². The highest BCUT2D eigenvalue weighted by molar-refractivity contribution is 8.32. The lowest BCUT2D eigenvalue weighted by atomic mass is 9.90. The Labute approximate surface area is 199 Å². The van der Waals surface area contributed by atoms with Crippen molar-refractivity contribution in [1.29, 1.82) is 0 Å². The summed E-state index contributed by atoms with van der Waals surface area (Å²) in [6.07, 6.45) is 14.0. The SMILES string of the molecule is CC(C)(C)SC[C@H]1CN[C@@H]2CCCC[C@H]2NC[C@H](CCS(C)(C)C)NCCNCCN1. The van der Waals surface area contributed by atoms with Gasteiger partial charge in [0, 0.05) is 73.9 Å². The molecule has 0 amide bonds. The van der Waals surface area contributed by atoms with Crippen molar-refractivity contribution in [2.75, 3.05) is 69.5 Å². The standard InChI is InChI=1S/C24H53N5S2/c1-24(2,3)30-19-21-18-29-23-10-8-7-9-22(23)28-17-20(11-16-31(4,5)6)26-14-12-25-13-15-27-21/h20-23,25-29H,7-19H2,1-6H3/t20-,21+,22+,23+/m0/s1. The van der Waals surface area contributed by atoms with E-state index in [2.05, 4.69) is 77.9 Å². The number of thioether (sulfide) groups is 1. The van der Waals surface area contributed by atoms with E-state index in [1.54, 1.807) is 0 Å². The van der Waals surface area contributed by atoms with Crippen LogP contribution in [0.15, 0.2) is 0 Å². The van der Waals surface area contributed by atoms with E-state index in [0.717, 1.165) is 39.3 Å². The fourth-order valence-electron chi connectivity index (χ4n) is 4.37. The third-order valence-electron chi connectivity index (χ3n) is 6.28. The number of hydrogen-bond donors (Lipinski definition) is 5. The molecule has 2 rings (SSSR count). The first kappa shape index (κ1) is 27.7. The molecule has 0 unspecified atom stereocenters. The molecule has 5 N–H and O–H groups in total. The third-order valence-corrected chi connectivity index (χ3v) is 9.18. The van der Waals surface area contributed by atoms with E-state index in [4.69, 9.17) is 0 Å². The first-order chi connectivity index (χ1) is 14.6. The van der Waals surface area contributed by atoms with E-state index in [9.17, 15) is 0 Å². The summed E-state index contributed by atoms with van der Waals surface area (Å²) in [5, 5.41) is 19.2. The summed E-state index contributed by atoms with van der Waals surface area (Å²) in [5.74, 6) is 2.52. The van der Waals surface area contributed by atoms with Crippen molar-refractivity contribution >= 4 is 21.8 Å². The van der Waals surface area contributed by atoms with Crippen LogP contribution in [-0.4, -0.2) is 98.5 Å². The Balaban J connectivity index is 1.96. The highest BCUT2D eigenvalue weighted by Crippen LogP contribution is 2.35. The monoisotopic (exact) mass is 475 g/mol. The molecule has 0 aromatic rings. The summed E-state index contributed by atoms with van der Waals surface area (Å²) < 4.78 is 0.321. The number of fused-ring (bicyclic) bond motifs is 1. The molecule has 1 saturated heterocycles. The maximum Gasteiger partial charge on any atom is 0.0283 e. The van der Waals surface area contributed by atoms with E-state index in [1.165, 1.54) is 43.6 Å². The first-order valence-corrected chi connectivity index (χ1v) is 16.6. The van der Waals surface area contributed by atoms with Gasteiger partial charge in [0.2, 0.25) is 0 Å². The molecule has 7 heteroatoms. The molecule has 0 bridgehead atoms. The van der Waals surface area contributed by atoms with Gasteiger partial charge in [-0.05, 0) is 43.8 Å². The molecule has 31 heavy (non-hydrogen) atoms. The largest absolute Gasteiger partial charge is 0.314 e. The number of nitrogens with one attached hydrogen (secondary N) is 5. The quantitative estimate of drug-likeness (QED) is 0.421. The molecular weight excluding hydrogens is 422 g/mol. The van der Waals surface area contributed by atoms with Crippen LogP contribution in [0, 0.1) is 0 Å². The predicted octanol–water partition coefficient (Wildman–Crippen LogP) is 2.61. The van der Waals surface area contributed by atoms with Gasteiger partial charge in [0.25, 0.3) is 0 Å². The van der Waals surface area contributed by atoms with E-state index in [0.29, 0.717) is 28.9 Å². The molecule has 0 radical (unpaired) electrons. The topological polar surface area (TPSA) is 60.1 Å². The Hall–Kier alpha value is 0.500. The van der Waals surface area contributed by atoms with Crippen LogP contribution < -0.4 is 26.6 Å². The number of hydrogen-bond acceptors (Lipinski definition) is 6. The first-order valence-electron chi connectivity index (χ1n) is 12.6. The minimum absolute atomic E-state index is 0.321. The van der Waals surface area contributed by atoms with Gasteiger partial charge in [0.05, 0.1) is 0 Å². The molecule has 1 heterocycles. The summed E-state index contributed by atoms with van der Waals surface area (Å²) in [4.78, 5) is 0. The highest BCUT2D eigenvalue weighted by atomic mass is 32.3. The Bertz CT molecular complexity index is 436. The second-order valence-electron chi connectivity index (χ2n) is 11.4. The molecule has 1 aliphatic carbocycles. The second-order valence-corrected chi connectivity index (χ2v) is 17.8. The van der Waals surface area contributed by atoms with Crippen LogP contribution in [0.4, 0.5) is 0 Å². The van der Waals surface area contributed by atoms with Gasteiger partial charge >= 0.3 is 0 Å². The molecule has 4 atom stereocenters. The van der Waals surface area contributed by atoms with Gasteiger partial charge < -0.3 is 26.6 Å². The van der Waals surface area contributed by atoms with Gasteiger partial charge in [-0.2, -0.15) is 11.8 Å². The molecule has 5 nitrogen and oxygen atoms in total. The molecule has 1 aliphatic heterocycles. The van der Waals surface area contributed by atoms with Crippen molar-refractivity contribution in [2.24, 2.45) is 0 Å². The fourth-order valence-corrected chi connectivity index (χ4v) is 6.30. The predicted molar refractivity (Wildman–Crippen MR) is 146 cm³/mol. The summed E-state index contributed by atoms with van der Waals surface area (Å²) in [7, 11) is -0.441. The van der Waals surface area contributed by atoms with Crippen LogP contribution in [0.5, 0.6) is 0 Å². The van der Waals surface area contributed by atoms with E-state index in [1.807, 2.05) is 0 Å². The van der Waals surface area contributed by atoms with Gasteiger partial charge in [-0.3, -0.25) is 0 Å². The smallest absolute Gasteiger partial charge is 0.0283 e. The maximum absolute atomic E-state index is 3.99. The normalized spacial score (nSPS) is 31.3. The molecule has 186 valence electrons. The van der Waals surface area contributed by atoms with Crippen molar-refractivity contribution in [3.8, 4) is 0 Å². The Morgan fingerprint density at radius 1 is 0.774 bits per heavy atom. The summed E-state index contributed by atoms with van der Waals surface area (Å²) >= 11 is 2.08. The lowest BCUT2D eigenvalue weighted by Crippen LogP contribution is -2.55. The zero-order valence-electron chi connectivity index (χ0n) is 21.3. The lowest BCUT2D eigenvalue weighted by Gasteiger charge is -2.36. The van der Waals surface area contributed by atoms with Crippen LogP contribution in [0.1, 0.15) is 52.9 Å². The van der Waals surface area contributed by atoms with Crippen LogP contribution in [0.25, 0.3) is 0 Å². The van der Waals surface area contributed by atoms with E-state index < -0.39 is 10.0 Å². The third kappa shape index (κ3) is 13.1. The van der Waals surface area contributed by atoms with Crippen LogP contribution >= 0.6 is 21.8 Å². The van der Waals surface area contributed by atoms with Gasteiger partial charge in [0.15, 0.2) is 0 Å². The Morgan fingerprint density at radius 2 is 1.32 bits per heavy atom. The minimum atomic E-state index is -0.441. The van der Waals surface area contributed by atoms with Gasteiger partial charge in [-0.25, -0.2) is 10.0 Å². The average Bonchev–Trinajstić information content (AvgIpc) is 2.69. The van der Waals surface area contributed by atoms with Crippen molar-refractivity contribution in [3.05, 3.63) is 0 Å². The molecule has 0 aromatic carbocycles. The molecular formula is C24H53N5S2. The average molecular weight is 476 g/mol. The Kier molecular flexibility index (Phi) is 12.6. The maximum atomic E-state index is 3.99. The van der Waals surface area contributed by atoms with Gasteiger partial charge in [-0.1, -0.05) is 33.6 Å². The zero-order chi connectivity index (χ0) is 22.7. The van der Waals surface area contributed by atoms with E-state index >= 15 is 0 Å². The van der Waals surface area contributed by atoms with Crippen LogP contribution in [0.3, 0.4) is 0 Å². The molecule has 2 fully saturated rings. The zero-order valence-corrected chi connectivity index (χ0v) is 23.0. The fraction of sp³-hybridized carbons (Fsp3) is 1.00. The van der Waals surface area contributed by atoms with Crippen molar-refractivity contribution in [2.45, 2.75) is 81.8 Å². The summed E-state index contributed by atoms with van der Waals surface area (Å²) in [5.41, 5.74) is 0. The molecule has 0 spiro atoms. The number of rotatable bonds is 5. The molecule has 0 aromatic heterocycles. The van der Waals surface area contributed by atoms with Gasteiger partial charge in [0.1, 0.15) is 0 Å². The highest BCUT2D eigenvalue weighted by Gasteiger charge is 2.26. The van der Waals surface area contributed by atoms with Crippen molar-refractivity contribution in [3.63, 3.8) is 0 Å². The van der Waals surface area contributed by atoms with Gasteiger partial charge in [-0.15, -0.1) is 0 Å².